The number of rotatable bonds is 3. The molecule has 1 saturated heterocycles. The van der Waals surface area contributed by atoms with Gasteiger partial charge in [0.05, 0.1) is 31.3 Å². The van der Waals surface area contributed by atoms with E-state index in [4.69, 9.17) is 15.2 Å². The lowest BCUT2D eigenvalue weighted by atomic mass is 10.0. The molecule has 0 spiro atoms. The number of hydrogen-bond donors (Lipinski definition) is 1. The number of para-hydroxylation sites is 1. The van der Waals surface area contributed by atoms with Gasteiger partial charge in [-0.2, -0.15) is 0 Å². The summed E-state index contributed by atoms with van der Waals surface area (Å²) in [5.74, 6) is 0.675. The molecule has 4 rings (SSSR count). The van der Waals surface area contributed by atoms with Crippen LogP contribution in [0.4, 0.5) is 0 Å². The van der Waals surface area contributed by atoms with Crippen LogP contribution in [-0.2, 0) is 11.2 Å². The highest BCUT2D eigenvalue weighted by Crippen LogP contribution is 2.37. The molecule has 0 saturated carbocycles. The van der Waals surface area contributed by atoms with Crippen molar-refractivity contribution in [2.45, 2.75) is 12.5 Å². The number of amides is 1. The molecule has 25 heavy (non-hydrogen) atoms. The third-order valence-electron chi connectivity index (χ3n) is 4.52. The lowest BCUT2D eigenvalue weighted by molar-refractivity contribution is 0.0299. The molecule has 2 N–H and O–H groups in total. The summed E-state index contributed by atoms with van der Waals surface area (Å²) in [5, 5.41) is 0. The second-order valence-corrected chi connectivity index (χ2v) is 6.17. The van der Waals surface area contributed by atoms with Gasteiger partial charge in [-0.05, 0) is 11.6 Å². The van der Waals surface area contributed by atoms with E-state index in [2.05, 4.69) is 9.97 Å². The number of nitrogens with two attached hydrogens (primary N) is 1. The molecule has 2 aromatic rings. The molecule has 2 aliphatic rings. The molecule has 7 nitrogen and oxygen atoms in total. The molecule has 0 aliphatic carbocycles. The van der Waals surface area contributed by atoms with Crippen LogP contribution in [0.25, 0.3) is 11.3 Å². The zero-order valence-electron chi connectivity index (χ0n) is 13.9. The van der Waals surface area contributed by atoms with Gasteiger partial charge in [-0.15, -0.1) is 0 Å². The van der Waals surface area contributed by atoms with Crippen LogP contribution in [0.3, 0.4) is 0 Å². The number of hydrogen-bond acceptors (Lipinski definition) is 6. The molecular formula is C18H20N4O3. The summed E-state index contributed by atoms with van der Waals surface area (Å²) >= 11 is 0. The second-order valence-electron chi connectivity index (χ2n) is 6.17. The van der Waals surface area contributed by atoms with Crippen LogP contribution in [0.5, 0.6) is 5.75 Å². The van der Waals surface area contributed by atoms with Crippen LogP contribution in [0.15, 0.2) is 30.6 Å². The van der Waals surface area contributed by atoms with Gasteiger partial charge in [0, 0.05) is 31.6 Å². The molecule has 1 fully saturated rings. The van der Waals surface area contributed by atoms with Crippen LogP contribution in [0.1, 0.15) is 16.1 Å². The molecule has 2 aliphatic heterocycles. The molecule has 1 amide bonds. The van der Waals surface area contributed by atoms with Gasteiger partial charge in [-0.25, -0.2) is 4.98 Å². The lowest BCUT2D eigenvalue weighted by Gasteiger charge is -2.26. The molecule has 1 atom stereocenters. The van der Waals surface area contributed by atoms with E-state index in [9.17, 15) is 4.79 Å². The monoisotopic (exact) mass is 340 g/mol. The number of aromatic nitrogens is 2. The van der Waals surface area contributed by atoms with Gasteiger partial charge in [0.1, 0.15) is 17.5 Å². The Morgan fingerprint density at radius 3 is 2.92 bits per heavy atom. The molecule has 3 heterocycles. The maximum Gasteiger partial charge on any atom is 0.274 e. The van der Waals surface area contributed by atoms with E-state index in [0.29, 0.717) is 44.2 Å². The Hall–Kier alpha value is -2.51. The van der Waals surface area contributed by atoms with Gasteiger partial charge in [-0.3, -0.25) is 9.78 Å². The van der Waals surface area contributed by atoms with Crippen molar-refractivity contribution in [3.8, 4) is 17.0 Å². The fourth-order valence-electron chi connectivity index (χ4n) is 3.20. The minimum absolute atomic E-state index is 0.0118. The maximum absolute atomic E-state index is 12.6. The molecule has 1 aromatic carbocycles. The SMILES string of the molecule is NC[C@@H]1Cc2cccc(-c3cncc(C(=O)N4CCOCC4)n3)c2O1. The molecule has 0 bridgehead atoms. The fourth-order valence-corrected chi connectivity index (χ4v) is 3.20. The first-order valence-electron chi connectivity index (χ1n) is 8.44. The van der Waals surface area contributed by atoms with Gasteiger partial charge in [0.15, 0.2) is 0 Å². The molecule has 130 valence electrons. The van der Waals surface area contributed by atoms with E-state index in [1.165, 1.54) is 6.20 Å². The largest absolute Gasteiger partial charge is 0.488 e. The summed E-state index contributed by atoms with van der Waals surface area (Å²) in [4.78, 5) is 23.1. The zero-order chi connectivity index (χ0) is 17.2. The first-order valence-corrected chi connectivity index (χ1v) is 8.44. The highest BCUT2D eigenvalue weighted by atomic mass is 16.5. The smallest absolute Gasteiger partial charge is 0.274 e. The predicted octanol–water partition coefficient (Wildman–Crippen LogP) is 0.878. The molecule has 0 radical (unpaired) electrons. The van der Waals surface area contributed by atoms with Crippen molar-refractivity contribution in [2.75, 3.05) is 32.8 Å². The third-order valence-corrected chi connectivity index (χ3v) is 4.52. The van der Waals surface area contributed by atoms with Crippen LogP contribution in [-0.4, -0.2) is 59.7 Å². The van der Waals surface area contributed by atoms with Crippen molar-refractivity contribution in [3.63, 3.8) is 0 Å². The molecule has 0 unspecified atom stereocenters. The zero-order valence-corrected chi connectivity index (χ0v) is 13.9. The van der Waals surface area contributed by atoms with Gasteiger partial charge in [0.2, 0.25) is 0 Å². The van der Waals surface area contributed by atoms with Crippen molar-refractivity contribution >= 4 is 5.91 Å². The predicted molar refractivity (Wildman–Crippen MR) is 91.4 cm³/mol. The van der Waals surface area contributed by atoms with Gasteiger partial charge >= 0.3 is 0 Å². The van der Waals surface area contributed by atoms with Gasteiger partial charge < -0.3 is 20.1 Å². The summed E-state index contributed by atoms with van der Waals surface area (Å²) in [5.41, 5.74) is 8.66. The summed E-state index contributed by atoms with van der Waals surface area (Å²) in [7, 11) is 0. The van der Waals surface area contributed by atoms with Crippen LogP contribution in [0, 0.1) is 0 Å². The van der Waals surface area contributed by atoms with Gasteiger partial charge in [-0.1, -0.05) is 12.1 Å². The molecule has 1 aromatic heterocycles. The standard InChI is InChI=1S/C18H20N4O3/c19-9-13-8-12-2-1-3-14(17(12)25-13)15-10-20-11-16(21-15)18(23)22-4-6-24-7-5-22/h1-3,10-11,13H,4-9,19H2/t13-/m0/s1. The Morgan fingerprint density at radius 2 is 2.12 bits per heavy atom. The van der Waals surface area contributed by atoms with Gasteiger partial charge in [0.25, 0.3) is 5.91 Å². The first kappa shape index (κ1) is 16.0. The Morgan fingerprint density at radius 1 is 1.28 bits per heavy atom. The van der Waals surface area contributed by atoms with E-state index in [-0.39, 0.29) is 12.0 Å². The fraction of sp³-hybridized carbons (Fsp3) is 0.389. The molecule has 7 heteroatoms. The van der Waals surface area contributed by atoms with Crippen LogP contribution < -0.4 is 10.5 Å². The average molecular weight is 340 g/mol. The van der Waals surface area contributed by atoms with E-state index in [1.807, 2.05) is 18.2 Å². The third kappa shape index (κ3) is 3.08. The Kier molecular flexibility index (Phi) is 4.33. The Labute approximate surface area is 145 Å². The number of carbonyl (C=O) groups is 1. The van der Waals surface area contributed by atoms with E-state index >= 15 is 0 Å². The summed E-state index contributed by atoms with van der Waals surface area (Å²) < 4.78 is 11.2. The first-order chi connectivity index (χ1) is 12.3. The quantitative estimate of drug-likeness (QED) is 0.892. The Balaban J connectivity index is 1.65. The highest BCUT2D eigenvalue weighted by Gasteiger charge is 2.26. The number of carbonyl (C=O) groups excluding carboxylic acids is 1. The minimum Gasteiger partial charge on any atom is -0.488 e. The maximum atomic E-state index is 12.6. The number of fused-ring (bicyclic) bond motifs is 1. The average Bonchev–Trinajstić information content (AvgIpc) is 3.11. The van der Waals surface area contributed by atoms with Crippen molar-refractivity contribution in [3.05, 3.63) is 41.9 Å². The van der Waals surface area contributed by atoms with Crippen LogP contribution >= 0.6 is 0 Å². The van der Waals surface area contributed by atoms with Crippen molar-refractivity contribution in [1.82, 2.24) is 14.9 Å². The number of ether oxygens (including phenoxy) is 2. The highest BCUT2D eigenvalue weighted by molar-refractivity contribution is 5.92. The van der Waals surface area contributed by atoms with Crippen molar-refractivity contribution in [2.24, 2.45) is 5.73 Å². The van der Waals surface area contributed by atoms with E-state index in [1.54, 1.807) is 11.1 Å². The minimum atomic E-state index is -0.119. The summed E-state index contributed by atoms with van der Waals surface area (Å²) in [6.07, 6.45) is 3.94. The lowest BCUT2D eigenvalue weighted by Crippen LogP contribution is -2.41. The summed E-state index contributed by atoms with van der Waals surface area (Å²) in [6.45, 7) is 2.73. The Bertz CT molecular complexity index is 790. The summed E-state index contributed by atoms with van der Waals surface area (Å²) in [6, 6.07) is 5.93. The topological polar surface area (TPSA) is 90.6 Å². The molecular weight excluding hydrogens is 320 g/mol. The van der Waals surface area contributed by atoms with Crippen molar-refractivity contribution in [1.29, 1.82) is 0 Å². The van der Waals surface area contributed by atoms with Crippen molar-refractivity contribution < 1.29 is 14.3 Å². The number of benzene rings is 1. The second kappa shape index (κ2) is 6.78. The normalized spacial score (nSPS) is 19.4. The van der Waals surface area contributed by atoms with E-state index < -0.39 is 0 Å². The van der Waals surface area contributed by atoms with E-state index in [0.717, 1.165) is 23.3 Å². The number of morpholine rings is 1. The van der Waals surface area contributed by atoms with Crippen LogP contribution in [0.2, 0.25) is 0 Å². The number of nitrogens with zero attached hydrogens (tertiary/aromatic N) is 3.